The first kappa shape index (κ1) is 15.5. The summed E-state index contributed by atoms with van der Waals surface area (Å²) in [5.74, 6) is 2.82. The SMILES string of the molecule is C[Si](C)(C)CCS(C)(C)CCCOCC1CO1. The van der Waals surface area contributed by atoms with Gasteiger partial charge in [-0.15, -0.1) is 0 Å². The average Bonchev–Trinajstić information content (AvgIpc) is 2.97. The highest BCUT2D eigenvalue weighted by molar-refractivity contribution is 8.32. The predicted molar refractivity (Wildman–Crippen MR) is 82.5 cm³/mol. The van der Waals surface area contributed by atoms with Crippen LogP contribution >= 0.6 is 10.0 Å². The maximum absolute atomic E-state index is 5.60. The van der Waals surface area contributed by atoms with Crippen LogP contribution < -0.4 is 0 Å². The minimum atomic E-state index is -0.855. The van der Waals surface area contributed by atoms with Crippen molar-refractivity contribution in [3.05, 3.63) is 0 Å². The lowest BCUT2D eigenvalue weighted by Crippen LogP contribution is -2.23. The van der Waals surface area contributed by atoms with Gasteiger partial charge in [-0.05, 0) is 30.4 Å². The molecule has 0 aromatic carbocycles. The maximum Gasteiger partial charge on any atom is 0.104 e. The molecule has 0 saturated carbocycles. The number of hydrogen-bond acceptors (Lipinski definition) is 2. The quantitative estimate of drug-likeness (QED) is 0.367. The van der Waals surface area contributed by atoms with Crippen LogP contribution in [-0.2, 0) is 9.47 Å². The molecular weight excluding hydrogens is 248 g/mol. The Labute approximate surface area is 110 Å². The summed E-state index contributed by atoms with van der Waals surface area (Å²) in [4.78, 5) is 0. The zero-order valence-corrected chi connectivity index (χ0v) is 14.1. The molecule has 0 bridgehead atoms. The van der Waals surface area contributed by atoms with E-state index in [9.17, 15) is 0 Å². The molecule has 1 unspecified atom stereocenters. The molecule has 0 amide bonds. The van der Waals surface area contributed by atoms with Crippen LogP contribution in [0.3, 0.4) is 0 Å². The van der Waals surface area contributed by atoms with E-state index < -0.39 is 8.07 Å². The van der Waals surface area contributed by atoms with Gasteiger partial charge in [0.15, 0.2) is 0 Å². The first-order chi connectivity index (χ1) is 7.79. The van der Waals surface area contributed by atoms with E-state index in [1.54, 1.807) is 0 Å². The van der Waals surface area contributed by atoms with E-state index >= 15 is 0 Å². The van der Waals surface area contributed by atoms with Gasteiger partial charge in [-0.3, -0.25) is 0 Å². The van der Waals surface area contributed by atoms with Gasteiger partial charge in [0.05, 0.1) is 13.2 Å². The molecule has 0 aliphatic carbocycles. The fourth-order valence-corrected chi connectivity index (χ4v) is 7.38. The van der Waals surface area contributed by atoms with Crippen molar-refractivity contribution in [3.63, 3.8) is 0 Å². The summed E-state index contributed by atoms with van der Waals surface area (Å²) < 4.78 is 10.7. The molecule has 1 aliphatic rings. The van der Waals surface area contributed by atoms with Crippen molar-refractivity contribution in [2.75, 3.05) is 43.8 Å². The predicted octanol–water partition coefficient (Wildman–Crippen LogP) is 3.19. The second-order valence-corrected chi connectivity index (χ2v) is 16.8. The Morgan fingerprint density at radius 1 is 1.24 bits per heavy atom. The molecular formula is C13H30O2SSi. The minimum Gasteiger partial charge on any atom is -0.379 e. The fraction of sp³-hybridized carbons (Fsp3) is 1.00. The summed E-state index contributed by atoms with van der Waals surface area (Å²) in [6, 6.07) is 1.48. The monoisotopic (exact) mass is 278 g/mol. The molecule has 2 nitrogen and oxygen atoms in total. The lowest BCUT2D eigenvalue weighted by atomic mass is 10.5. The van der Waals surface area contributed by atoms with E-state index in [1.165, 1.54) is 24.0 Å². The van der Waals surface area contributed by atoms with Crippen molar-refractivity contribution in [2.24, 2.45) is 0 Å². The largest absolute Gasteiger partial charge is 0.379 e. The van der Waals surface area contributed by atoms with Crippen LogP contribution in [0.4, 0.5) is 0 Å². The smallest absolute Gasteiger partial charge is 0.104 e. The molecule has 17 heavy (non-hydrogen) atoms. The molecule has 0 aromatic heterocycles. The normalized spacial score (nSPS) is 21.6. The number of hydrogen-bond donors (Lipinski definition) is 0. The van der Waals surface area contributed by atoms with Gasteiger partial charge in [0.25, 0.3) is 0 Å². The summed E-state index contributed by atoms with van der Waals surface area (Å²) in [5.41, 5.74) is 0. The summed E-state index contributed by atoms with van der Waals surface area (Å²) in [6.45, 7) is 10.1. The number of epoxide rings is 1. The van der Waals surface area contributed by atoms with Gasteiger partial charge in [-0.2, -0.15) is 0 Å². The van der Waals surface area contributed by atoms with E-state index in [0.29, 0.717) is 6.10 Å². The van der Waals surface area contributed by atoms with E-state index in [4.69, 9.17) is 9.47 Å². The van der Waals surface area contributed by atoms with Crippen molar-refractivity contribution in [1.82, 2.24) is 0 Å². The summed E-state index contributed by atoms with van der Waals surface area (Å²) in [6.07, 6.45) is 6.61. The Hall–Kier alpha value is 0.487. The van der Waals surface area contributed by atoms with Gasteiger partial charge in [-0.25, -0.2) is 10.0 Å². The van der Waals surface area contributed by atoms with Gasteiger partial charge >= 0.3 is 0 Å². The molecule has 1 saturated heterocycles. The van der Waals surface area contributed by atoms with Crippen LogP contribution in [-0.4, -0.2) is 58.0 Å². The van der Waals surface area contributed by atoms with E-state index in [2.05, 4.69) is 32.2 Å². The third kappa shape index (κ3) is 9.11. The van der Waals surface area contributed by atoms with Gasteiger partial charge < -0.3 is 9.47 Å². The Morgan fingerprint density at radius 3 is 2.41 bits per heavy atom. The topological polar surface area (TPSA) is 21.8 Å². The molecule has 1 aliphatic heterocycles. The van der Waals surface area contributed by atoms with Gasteiger partial charge in [-0.1, -0.05) is 25.7 Å². The summed E-state index contributed by atoms with van der Waals surface area (Å²) in [7, 11) is -1.23. The molecule has 0 radical (unpaired) electrons. The lowest BCUT2D eigenvalue weighted by Gasteiger charge is -2.33. The minimum absolute atomic E-state index is 0.376. The maximum atomic E-state index is 5.60. The Bertz CT molecular complexity index is 222. The molecule has 0 spiro atoms. The van der Waals surface area contributed by atoms with Crippen molar-refractivity contribution in [2.45, 2.75) is 38.2 Å². The molecule has 1 rings (SSSR count). The van der Waals surface area contributed by atoms with Crippen LogP contribution in [0.25, 0.3) is 0 Å². The Balaban J connectivity index is 2.01. The second kappa shape index (κ2) is 6.59. The van der Waals surface area contributed by atoms with Gasteiger partial charge in [0, 0.05) is 14.7 Å². The molecule has 1 heterocycles. The van der Waals surface area contributed by atoms with Gasteiger partial charge in [0.2, 0.25) is 0 Å². The first-order valence-corrected chi connectivity index (χ1v) is 13.2. The van der Waals surface area contributed by atoms with Crippen LogP contribution in [0.5, 0.6) is 0 Å². The van der Waals surface area contributed by atoms with Crippen molar-refractivity contribution in [1.29, 1.82) is 0 Å². The summed E-state index contributed by atoms with van der Waals surface area (Å²) in [5, 5.41) is 0. The Morgan fingerprint density at radius 2 is 1.88 bits per heavy atom. The van der Waals surface area contributed by atoms with Crippen LogP contribution in [0.2, 0.25) is 25.7 Å². The molecule has 0 N–H and O–H groups in total. The molecule has 104 valence electrons. The third-order valence-corrected chi connectivity index (χ3v) is 7.91. The molecule has 0 aromatic rings. The zero-order chi connectivity index (χ0) is 12.9. The highest BCUT2D eigenvalue weighted by Crippen LogP contribution is 2.42. The highest BCUT2D eigenvalue weighted by atomic mass is 32.3. The zero-order valence-electron chi connectivity index (χ0n) is 12.3. The lowest BCUT2D eigenvalue weighted by molar-refractivity contribution is 0.117. The third-order valence-electron chi connectivity index (χ3n) is 3.10. The fourth-order valence-electron chi connectivity index (χ4n) is 1.62. The first-order valence-electron chi connectivity index (χ1n) is 6.67. The van der Waals surface area contributed by atoms with Crippen molar-refractivity contribution in [3.8, 4) is 0 Å². The van der Waals surface area contributed by atoms with Gasteiger partial charge in [0.1, 0.15) is 6.10 Å². The van der Waals surface area contributed by atoms with E-state index in [1.807, 2.05) is 0 Å². The number of rotatable bonds is 9. The second-order valence-electron chi connectivity index (χ2n) is 6.87. The molecule has 4 heteroatoms. The standard InChI is InChI=1S/C13H30O2SSi/c1-16(2,9-10-17(3,4)5)8-6-7-14-11-13-12-15-13/h13H,6-12H2,1-5H3. The average molecular weight is 279 g/mol. The van der Waals surface area contributed by atoms with Crippen LogP contribution in [0, 0.1) is 0 Å². The molecule has 1 atom stereocenters. The van der Waals surface area contributed by atoms with E-state index in [0.717, 1.165) is 19.8 Å². The van der Waals surface area contributed by atoms with Crippen LogP contribution in [0.15, 0.2) is 0 Å². The van der Waals surface area contributed by atoms with E-state index in [-0.39, 0.29) is 10.0 Å². The summed E-state index contributed by atoms with van der Waals surface area (Å²) >= 11 is 0. The molecule has 1 fully saturated rings. The number of ether oxygens (including phenoxy) is 2. The Kier molecular flexibility index (Phi) is 6.03. The van der Waals surface area contributed by atoms with Crippen molar-refractivity contribution < 1.29 is 9.47 Å². The highest BCUT2D eigenvalue weighted by Gasteiger charge is 2.22. The van der Waals surface area contributed by atoms with Crippen LogP contribution in [0.1, 0.15) is 6.42 Å². The van der Waals surface area contributed by atoms with Crippen molar-refractivity contribution >= 4 is 18.1 Å².